The minimum absolute atomic E-state index is 0.183. The van der Waals surface area contributed by atoms with E-state index >= 15 is 0 Å². The summed E-state index contributed by atoms with van der Waals surface area (Å²) in [5.41, 5.74) is 0.657. The van der Waals surface area contributed by atoms with E-state index in [0.29, 0.717) is 24.5 Å². The van der Waals surface area contributed by atoms with Crippen LogP contribution in [0, 0.1) is 22.7 Å². The molecule has 1 aliphatic carbocycles. The molecule has 1 aromatic carbocycles. The number of nitriles is 2. The molecule has 1 aliphatic rings. The molecule has 26 heavy (non-hydrogen) atoms. The first kappa shape index (κ1) is 19.2. The molecular formula is C20H22N4O2. The Balaban J connectivity index is 2.58. The molecular weight excluding hydrogens is 328 g/mol. The van der Waals surface area contributed by atoms with Gasteiger partial charge in [-0.2, -0.15) is 10.5 Å². The molecule has 0 saturated carbocycles. The van der Waals surface area contributed by atoms with Crippen molar-refractivity contribution in [3.05, 3.63) is 34.4 Å². The molecule has 0 heterocycles. The van der Waals surface area contributed by atoms with Gasteiger partial charge in [-0.25, -0.2) is 0 Å². The molecule has 0 spiro atoms. The molecule has 0 fully saturated rings. The van der Waals surface area contributed by atoms with Gasteiger partial charge in [0.15, 0.2) is 0 Å². The van der Waals surface area contributed by atoms with Crippen LogP contribution in [0.25, 0.3) is 0 Å². The summed E-state index contributed by atoms with van der Waals surface area (Å²) in [5.74, 6) is -1.14. The first-order valence-corrected chi connectivity index (χ1v) is 8.89. The van der Waals surface area contributed by atoms with E-state index in [1.165, 1.54) is 0 Å². The fourth-order valence-electron chi connectivity index (χ4n) is 2.86. The van der Waals surface area contributed by atoms with Crippen LogP contribution in [-0.4, -0.2) is 24.7 Å². The number of carbonyl (C=O) groups is 2. The van der Waals surface area contributed by atoms with Gasteiger partial charge < -0.3 is 10.6 Å². The fourth-order valence-corrected chi connectivity index (χ4v) is 2.86. The van der Waals surface area contributed by atoms with E-state index in [2.05, 4.69) is 24.5 Å². The van der Waals surface area contributed by atoms with Gasteiger partial charge in [0.25, 0.3) is 0 Å². The number of carbonyl (C=O) groups excluding carboxylic acids is 2. The van der Waals surface area contributed by atoms with Crippen LogP contribution in [0.4, 0.5) is 11.4 Å². The second-order valence-corrected chi connectivity index (χ2v) is 6.10. The second kappa shape index (κ2) is 8.82. The molecule has 0 radical (unpaired) electrons. The Morgan fingerprint density at radius 3 is 1.50 bits per heavy atom. The van der Waals surface area contributed by atoms with E-state index < -0.39 is 11.6 Å². The van der Waals surface area contributed by atoms with Crippen LogP contribution < -0.4 is 10.6 Å². The van der Waals surface area contributed by atoms with Crippen LogP contribution in [0.5, 0.6) is 0 Å². The van der Waals surface area contributed by atoms with Crippen LogP contribution >= 0.6 is 0 Å². The molecule has 6 heteroatoms. The van der Waals surface area contributed by atoms with Gasteiger partial charge in [-0.1, -0.05) is 26.7 Å². The highest BCUT2D eigenvalue weighted by Crippen LogP contribution is 2.36. The summed E-state index contributed by atoms with van der Waals surface area (Å²) in [4.78, 5) is 25.7. The van der Waals surface area contributed by atoms with Crippen molar-refractivity contribution >= 4 is 22.9 Å². The third-order valence-electron chi connectivity index (χ3n) is 4.28. The Labute approximate surface area is 153 Å². The average Bonchev–Trinajstić information content (AvgIpc) is 2.65. The molecule has 134 valence electrons. The van der Waals surface area contributed by atoms with Gasteiger partial charge in [0.2, 0.25) is 11.6 Å². The van der Waals surface area contributed by atoms with Crippen molar-refractivity contribution in [3.8, 4) is 12.1 Å². The van der Waals surface area contributed by atoms with Crippen molar-refractivity contribution < 1.29 is 9.59 Å². The van der Waals surface area contributed by atoms with Crippen molar-refractivity contribution in [2.45, 2.75) is 39.5 Å². The zero-order chi connectivity index (χ0) is 19.1. The predicted octanol–water partition coefficient (Wildman–Crippen LogP) is 3.83. The van der Waals surface area contributed by atoms with Crippen molar-refractivity contribution in [1.29, 1.82) is 10.5 Å². The highest BCUT2D eigenvalue weighted by atomic mass is 16.1. The number of allylic oxidation sites excluding steroid dienone is 2. The zero-order valence-corrected chi connectivity index (χ0v) is 15.1. The molecule has 2 rings (SSSR count). The highest BCUT2D eigenvalue weighted by Gasteiger charge is 2.36. The number of hydrogen-bond acceptors (Lipinski definition) is 6. The van der Waals surface area contributed by atoms with Gasteiger partial charge in [-0.05, 0) is 25.0 Å². The number of nitrogens with one attached hydrogen (secondary N) is 2. The van der Waals surface area contributed by atoms with Crippen molar-refractivity contribution in [3.63, 3.8) is 0 Å². The quantitative estimate of drug-likeness (QED) is 0.690. The van der Waals surface area contributed by atoms with Crippen LogP contribution in [-0.2, 0) is 0 Å². The van der Waals surface area contributed by atoms with Gasteiger partial charge >= 0.3 is 0 Å². The van der Waals surface area contributed by atoms with Crippen LogP contribution in [0.3, 0.4) is 0 Å². The topological polar surface area (TPSA) is 106 Å². The van der Waals surface area contributed by atoms with Gasteiger partial charge in [0, 0.05) is 24.5 Å². The summed E-state index contributed by atoms with van der Waals surface area (Å²) < 4.78 is 0. The maximum atomic E-state index is 12.8. The first-order chi connectivity index (χ1) is 12.6. The minimum Gasteiger partial charge on any atom is -0.384 e. The molecule has 0 unspecified atom stereocenters. The zero-order valence-electron chi connectivity index (χ0n) is 15.1. The maximum Gasteiger partial charge on any atom is 0.207 e. The Morgan fingerprint density at radius 2 is 1.19 bits per heavy atom. The van der Waals surface area contributed by atoms with Crippen molar-refractivity contribution in [1.82, 2.24) is 0 Å². The third kappa shape index (κ3) is 3.60. The second-order valence-electron chi connectivity index (χ2n) is 6.10. The van der Waals surface area contributed by atoms with Gasteiger partial charge in [0.05, 0.1) is 11.1 Å². The smallest absolute Gasteiger partial charge is 0.207 e. The Morgan fingerprint density at radius 1 is 0.808 bits per heavy atom. The number of Topliss-reactive ketones (excluding diaryl/α,β-unsaturated/α-hetero) is 2. The minimum atomic E-state index is -0.572. The number of rotatable bonds is 8. The van der Waals surface area contributed by atoms with Crippen LogP contribution in [0.15, 0.2) is 23.3 Å². The standard InChI is InChI=1S/C20H22N4O2/c1-3-5-9-23-15-7-8-16(24-10-6-4-2)18-17(15)19(25)13(11-21)14(12-22)20(18)26/h7-8,23-24H,3-6,9-10H2,1-2H3. The van der Waals surface area contributed by atoms with Gasteiger partial charge in [-0.15, -0.1) is 0 Å². The summed E-state index contributed by atoms with van der Waals surface area (Å²) in [6.45, 7) is 5.43. The lowest BCUT2D eigenvalue weighted by atomic mass is 9.83. The summed E-state index contributed by atoms with van der Waals surface area (Å²) in [6.07, 6.45) is 3.80. The third-order valence-corrected chi connectivity index (χ3v) is 4.28. The van der Waals surface area contributed by atoms with E-state index in [0.717, 1.165) is 25.7 Å². The summed E-state index contributed by atoms with van der Waals surface area (Å²) >= 11 is 0. The summed E-state index contributed by atoms with van der Waals surface area (Å²) in [7, 11) is 0. The summed E-state index contributed by atoms with van der Waals surface area (Å²) in [6, 6.07) is 6.96. The number of nitrogens with zero attached hydrogens (tertiary/aromatic N) is 2. The van der Waals surface area contributed by atoms with E-state index in [1.807, 2.05) is 0 Å². The van der Waals surface area contributed by atoms with Crippen LogP contribution in [0.2, 0.25) is 0 Å². The van der Waals surface area contributed by atoms with E-state index in [-0.39, 0.29) is 22.3 Å². The number of anilines is 2. The number of ketones is 2. The Bertz CT molecular complexity index is 772. The average molecular weight is 350 g/mol. The molecule has 0 aromatic heterocycles. The largest absolute Gasteiger partial charge is 0.384 e. The Kier molecular flexibility index (Phi) is 6.52. The maximum absolute atomic E-state index is 12.8. The van der Waals surface area contributed by atoms with Gasteiger partial charge in [-0.3, -0.25) is 9.59 Å². The molecule has 0 atom stereocenters. The highest BCUT2D eigenvalue weighted by molar-refractivity contribution is 6.33. The lowest BCUT2D eigenvalue weighted by Gasteiger charge is -2.22. The van der Waals surface area contributed by atoms with E-state index in [4.69, 9.17) is 0 Å². The first-order valence-electron chi connectivity index (χ1n) is 8.89. The fraction of sp³-hybridized carbons (Fsp3) is 0.400. The Hall–Kier alpha value is -3.12. The number of unbranched alkanes of at least 4 members (excludes halogenated alkanes) is 2. The lowest BCUT2D eigenvalue weighted by Crippen LogP contribution is -2.24. The molecule has 1 aromatic rings. The molecule has 6 nitrogen and oxygen atoms in total. The molecule has 0 bridgehead atoms. The predicted molar refractivity (Wildman–Crippen MR) is 100 cm³/mol. The summed E-state index contributed by atoms with van der Waals surface area (Å²) in [5, 5.41) is 24.9. The number of fused-ring (bicyclic) bond motifs is 1. The SMILES string of the molecule is CCCCNc1ccc(NCCCC)c2c1C(=O)C(C#N)=C(C#N)C2=O. The lowest BCUT2D eigenvalue weighted by molar-refractivity contribution is 0.0983. The van der Waals surface area contributed by atoms with Crippen molar-refractivity contribution in [2.75, 3.05) is 23.7 Å². The van der Waals surface area contributed by atoms with Crippen molar-refractivity contribution in [2.24, 2.45) is 0 Å². The van der Waals surface area contributed by atoms with E-state index in [9.17, 15) is 20.1 Å². The molecule has 2 N–H and O–H groups in total. The van der Waals surface area contributed by atoms with E-state index in [1.54, 1.807) is 24.3 Å². The van der Waals surface area contributed by atoms with Crippen LogP contribution in [0.1, 0.15) is 60.2 Å². The van der Waals surface area contributed by atoms with Gasteiger partial charge in [0.1, 0.15) is 23.3 Å². The molecule has 0 saturated heterocycles. The normalized spacial score (nSPS) is 13.1. The number of hydrogen-bond donors (Lipinski definition) is 2. The monoisotopic (exact) mass is 350 g/mol. The molecule has 0 amide bonds. The number of benzene rings is 1. The molecule has 0 aliphatic heterocycles.